The molecule has 0 aromatic rings. The first-order chi connectivity index (χ1) is 39.2. The summed E-state index contributed by atoms with van der Waals surface area (Å²) in [5, 5.41) is 0. The summed E-state index contributed by atoms with van der Waals surface area (Å²) in [5.41, 5.74) is 0.499. The Morgan fingerprint density at radius 1 is 0.494 bits per heavy atom. The summed E-state index contributed by atoms with van der Waals surface area (Å²) < 4.78 is 28.9. The third kappa shape index (κ3) is 27.3. The SMILES string of the molecule is CCCCCCCC/C=C\CCCCCCCC(=O)OCC(COC(=O)CCCCCCC/C=C\CCCCCCCC)OC(=O)CC(C)CCC(C)CC(=O)OCO[C@@H]1CC[C@@]2(C)[C@@H](CC[C@@H]3[C@@H]2CC[C@]2(C)[C@@H](C(C)=O)CC[C@@H]32)C1. The molecule has 0 amide bonds. The molecule has 10 nitrogen and oxygen atoms in total. The van der Waals surface area contributed by atoms with Crippen LogP contribution >= 0.6 is 0 Å². The number of Topliss-reactive ketones (excluding diaryl/α,β-unsaturated/α-hetero) is 1. The largest absolute Gasteiger partial charge is 0.462 e. The number of rotatable bonds is 46. The molecule has 4 aliphatic rings. The fraction of sp³-hybridized carbons (Fsp3) is 0.873. The molecule has 0 N–H and O–H groups in total. The molecule has 0 radical (unpaired) electrons. The van der Waals surface area contributed by atoms with Crippen LogP contribution in [-0.4, -0.2) is 61.9 Å². The number of carbonyl (C=O) groups excluding carboxylic acids is 5. The van der Waals surface area contributed by atoms with Crippen LogP contribution in [-0.2, 0) is 47.7 Å². The van der Waals surface area contributed by atoms with Gasteiger partial charge in [-0.05, 0) is 188 Å². The van der Waals surface area contributed by atoms with Gasteiger partial charge < -0.3 is 23.7 Å². The van der Waals surface area contributed by atoms with Crippen LogP contribution in [0.3, 0.4) is 0 Å². The lowest BCUT2D eigenvalue weighted by Gasteiger charge is -2.61. The number of hydrogen-bond acceptors (Lipinski definition) is 10. The van der Waals surface area contributed by atoms with Gasteiger partial charge in [-0.1, -0.05) is 169 Å². The van der Waals surface area contributed by atoms with Gasteiger partial charge in [0, 0.05) is 31.6 Å². The van der Waals surface area contributed by atoms with Crippen molar-refractivity contribution in [2.24, 2.45) is 52.3 Å². The van der Waals surface area contributed by atoms with Gasteiger partial charge in [0.15, 0.2) is 12.9 Å². The van der Waals surface area contributed by atoms with E-state index in [-0.39, 0.29) is 80.0 Å². The first-order valence-corrected chi connectivity index (χ1v) is 34.3. The van der Waals surface area contributed by atoms with Crippen molar-refractivity contribution in [3.63, 3.8) is 0 Å². The van der Waals surface area contributed by atoms with E-state index in [0.29, 0.717) is 35.9 Å². The van der Waals surface area contributed by atoms with Crippen molar-refractivity contribution in [1.82, 2.24) is 0 Å². The minimum atomic E-state index is -0.881. The second kappa shape index (κ2) is 41.1. The zero-order chi connectivity index (χ0) is 58.6. The van der Waals surface area contributed by atoms with Gasteiger partial charge in [-0.15, -0.1) is 0 Å². The Morgan fingerprint density at radius 2 is 0.951 bits per heavy atom. The Morgan fingerprint density at radius 3 is 1.46 bits per heavy atom. The minimum absolute atomic E-state index is 0.00638. The first kappa shape index (κ1) is 70.5. The molecular weight excluding hydrogens is 1010 g/mol. The van der Waals surface area contributed by atoms with E-state index in [9.17, 15) is 24.0 Å². The van der Waals surface area contributed by atoms with Crippen LogP contribution in [0.2, 0.25) is 0 Å². The van der Waals surface area contributed by atoms with Gasteiger partial charge in [-0.3, -0.25) is 24.0 Å². The summed E-state index contributed by atoms with van der Waals surface area (Å²) >= 11 is 0. The van der Waals surface area contributed by atoms with Gasteiger partial charge in [0.05, 0.1) is 6.10 Å². The third-order valence-corrected chi connectivity index (χ3v) is 20.3. The van der Waals surface area contributed by atoms with Gasteiger partial charge >= 0.3 is 23.9 Å². The standard InChI is InChI=1S/C71H122O10/c1-8-10-12-14-16-18-20-22-24-26-28-30-32-34-36-38-66(73)77-53-61(54-78-67(74)39-37-35-33-31-29-27-25-23-21-19-17-15-13-11-9-2)81-69(76)51-57(4)41-40-56(3)50-68(75)80-55-79-60-46-48-70(6)59(52-60)42-43-62-64-45-44-63(58(5)72)71(64,7)49-47-65(62)70/h22-25,56-57,59-65H,8-21,26-55H2,1-7H3/b24-22-,25-23-/t56?,57?,59-,60+,62-,63+,64-,65-,70-,71+/m0/s1. The predicted octanol–water partition coefficient (Wildman–Crippen LogP) is 19.0. The molecule has 0 spiro atoms. The van der Waals surface area contributed by atoms with Gasteiger partial charge in [-0.2, -0.15) is 0 Å². The highest BCUT2D eigenvalue weighted by Crippen LogP contribution is 2.67. The maximum absolute atomic E-state index is 13.3. The number of hydrogen-bond donors (Lipinski definition) is 0. The topological polar surface area (TPSA) is 132 Å². The molecule has 0 bridgehead atoms. The fourth-order valence-corrected chi connectivity index (χ4v) is 15.2. The summed E-state index contributed by atoms with van der Waals surface area (Å²) in [6.45, 7) is 15.0. The van der Waals surface area contributed by atoms with E-state index >= 15 is 0 Å². The normalized spacial score (nSPS) is 25.1. The Hall–Kier alpha value is -3.01. The summed E-state index contributed by atoms with van der Waals surface area (Å²) in [6, 6.07) is 0. The molecule has 4 fully saturated rings. The molecule has 0 saturated heterocycles. The van der Waals surface area contributed by atoms with Crippen molar-refractivity contribution >= 4 is 29.7 Å². The highest BCUT2D eigenvalue weighted by Gasteiger charge is 2.61. The number of ketones is 1. The van der Waals surface area contributed by atoms with E-state index < -0.39 is 12.1 Å². The molecule has 0 aromatic carbocycles. The molecule has 10 heteroatoms. The zero-order valence-electron chi connectivity index (χ0n) is 53.2. The summed E-state index contributed by atoms with van der Waals surface area (Å²) in [7, 11) is 0. The van der Waals surface area contributed by atoms with Crippen molar-refractivity contribution in [2.45, 2.75) is 324 Å². The first-order valence-electron chi connectivity index (χ1n) is 34.3. The number of unbranched alkanes of at least 4 members (excludes halogenated alkanes) is 22. The Balaban J connectivity index is 1.10. The lowest BCUT2D eigenvalue weighted by molar-refractivity contribution is -0.174. The second-order valence-corrected chi connectivity index (χ2v) is 27.0. The van der Waals surface area contributed by atoms with Crippen LogP contribution in [0.4, 0.5) is 0 Å². The molecule has 0 aliphatic heterocycles. The molecule has 81 heavy (non-hydrogen) atoms. The van der Waals surface area contributed by atoms with E-state index in [1.807, 2.05) is 20.8 Å². The molecule has 4 saturated carbocycles. The van der Waals surface area contributed by atoms with Gasteiger partial charge in [0.1, 0.15) is 19.0 Å². The van der Waals surface area contributed by atoms with E-state index in [2.05, 4.69) is 52.0 Å². The maximum Gasteiger partial charge on any atom is 0.308 e. The van der Waals surface area contributed by atoms with E-state index in [4.69, 9.17) is 23.7 Å². The molecule has 2 unspecified atom stereocenters. The second-order valence-electron chi connectivity index (χ2n) is 27.0. The number of allylic oxidation sites excluding steroid dienone is 4. The predicted molar refractivity (Wildman–Crippen MR) is 329 cm³/mol. The van der Waals surface area contributed by atoms with Crippen LogP contribution < -0.4 is 0 Å². The minimum Gasteiger partial charge on any atom is -0.462 e. The van der Waals surface area contributed by atoms with E-state index in [1.54, 1.807) is 0 Å². The smallest absolute Gasteiger partial charge is 0.308 e. The fourth-order valence-electron chi connectivity index (χ4n) is 15.2. The van der Waals surface area contributed by atoms with Gasteiger partial charge in [-0.25, -0.2) is 0 Å². The number of ether oxygens (including phenoxy) is 5. The Labute approximate surface area is 495 Å². The maximum atomic E-state index is 13.3. The number of carbonyl (C=O) groups is 5. The molecule has 0 heterocycles. The van der Waals surface area contributed by atoms with Crippen LogP contribution in [0.25, 0.3) is 0 Å². The van der Waals surface area contributed by atoms with Crippen molar-refractivity contribution in [2.75, 3.05) is 20.0 Å². The van der Waals surface area contributed by atoms with Gasteiger partial charge in [0.2, 0.25) is 0 Å². The van der Waals surface area contributed by atoms with Crippen molar-refractivity contribution in [3.05, 3.63) is 24.3 Å². The molecule has 466 valence electrons. The molecule has 4 aliphatic carbocycles. The van der Waals surface area contributed by atoms with E-state index in [1.165, 1.54) is 122 Å². The Kier molecular flexibility index (Phi) is 35.8. The number of fused-ring (bicyclic) bond motifs is 5. The average Bonchev–Trinajstić information content (AvgIpc) is 2.45. The highest BCUT2D eigenvalue weighted by molar-refractivity contribution is 5.79. The lowest BCUT2D eigenvalue weighted by Crippen LogP contribution is -2.54. The van der Waals surface area contributed by atoms with Crippen LogP contribution in [0.15, 0.2) is 24.3 Å². The van der Waals surface area contributed by atoms with Crippen molar-refractivity contribution in [3.8, 4) is 0 Å². The van der Waals surface area contributed by atoms with Crippen LogP contribution in [0, 0.1) is 52.3 Å². The van der Waals surface area contributed by atoms with Gasteiger partial charge in [0.25, 0.3) is 0 Å². The average molecular weight is 1140 g/mol. The monoisotopic (exact) mass is 1130 g/mol. The zero-order valence-corrected chi connectivity index (χ0v) is 53.2. The molecule has 10 atom stereocenters. The van der Waals surface area contributed by atoms with Crippen molar-refractivity contribution in [1.29, 1.82) is 0 Å². The summed E-state index contributed by atoms with van der Waals surface area (Å²) in [4.78, 5) is 64.5. The third-order valence-electron chi connectivity index (χ3n) is 20.3. The lowest BCUT2D eigenvalue weighted by atomic mass is 9.44. The van der Waals surface area contributed by atoms with Crippen LogP contribution in [0.5, 0.6) is 0 Å². The highest BCUT2D eigenvalue weighted by atomic mass is 16.7. The Bertz CT molecular complexity index is 1750. The molecular formula is C71H122O10. The molecule has 4 rings (SSSR count). The summed E-state index contributed by atoms with van der Waals surface area (Å²) in [5.74, 6) is 2.12. The quantitative estimate of drug-likeness (QED) is 0.0191. The summed E-state index contributed by atoms with van der Waals surface area (Å²) in [6.07, 6.45) is 52.2. The van der Waals surface area contributed by atoms with Crippen molar-refractivity contribution < 1.29 is 47.7 Å². The number of esters is 4. The van der Waals surface area contributed by atoms with E-state index in [0.717, 1.165) is 127 Å². The van der Waals surface area contributed by atoms with Crippen LogP contribution in [0.1, 0.15) is 312 Å². The molecule has 0 aromatic heterocycles.